The molecule has 0 fully saturated rings. The van der Waals surface area contributed by atoms with Crippen molar-refractivity contribution in [3.63, 3.8) is 0 Å². The molecule has 0 spiro atoms. The van der Waals surface area contributed by atoms with Gasteiger partial charge in [-0.2, -0.15) is 0 Å². The number of fused-ring (bicyclic) bond motifs is 1. The number of imidazole rings is 1. The van der Waals surface area contributed by atoms with Gasteiger partial charge in [-0.3, -0.25) is 0 Å². The molecule has 4 rings (SSSR count). The van der Waals surface area contributed by atoms with Crippen molar-refractivity contribution in [3.8, 4) is 11.3 Å². The molecule has 5 heteroatoms. The standard InChI is InChI=1S/C18H12Cl2N2O/c19-14-7-13-8-17(23-18(13)16(20)9-14)15-4-2-1-3-12(15)10-22-6-5-21-11-22/h1-9,11H,10H2. The Morgan fingerprint density at radius 2 is 1.96 bits per heavy atom. The minimum atomic E-state index is 0.519. The number of hydrogen-bond donors (Lipinski definition) is 0. The van der Waals surface area contributed by atoms with Crippen molar-refractivity contribution >= 4 is 34.2 Å². The third-order valence-electron chi connectivity index (χ3n) is 3.73. The van der Waals surface area contributed by atoms with Crippen LogP contribution < -0.4 is 0 Å². The van der Waals surface area contributed by atoms with Crippen LogP contribution in [0.25, 0.3) is 22.3 Å². The van der Waals surface area contributed by atoms with Crippen molar-refractivity contribution in [1.29, 1.82) is 0 Å². The van der Waals surface area contributed by atoms with Gasteiger partial charge in [-0.25, -0.2) is 4.98 Å². The van der Waals surface area contributed by atoms with Crippen molar-refractivity contribution in [2.45, 2.75) is 6.54 Å². The maximum absolute atomic E-state index is 6.23. The van der Waals surface area contributed by atoms with Crippen LogP contribution in [-0.2, 0) is 6.54 Å². The van der Waals surface area contributed by atoms with Gasteiger partial charge in [-0.15, -0.1) is 0 Å². The van der Waals surface area contributed by atoms with Crippen molar-refractivity contribution in [3.05, 3.63) is 76.8 Å². The molecular formula is C18H12Cl2N2O. The first-order valence-electron chi connectivity index (χ1n) is 7.13. The second-order valence-corrected chi connectivity index (χ2v) is 6.15. The predicted octanol–water partition coefficient (Wildman–Crippen LogP) is 5.65. The molecule has 23 heavy (non-hydrogen) atoms. The smallest absolute Gasteiger partial charge is 0.153 e. The van der Waals surface area contributed by atoms with Crippen LogP contribution in [0.1, 0.15) is 5.56 Å². The van der Waals surface area contributed by atoms with Crippen LogP contribution in [0, 0.1) is 0 Å². The zero-order chi connectivity index (χ0) is 15.8. The summed E-state index contributed by atoms with van der Waals surface area (Å²) in [5.41, 5.74) is 2.83. The van der Waals surface area contributed by atoms with E-state index in [9.17, 15) is 0 Å². The first-order chi connectivity index (χ1) is 11.2. The average molecular weight is 343 g/mol. The maximum atomic E-state index is 6.23. The second kappa shape index (κ2) is 5.76. The van der Waals surface area contributed by atoms with Crippen molar-refractivity contribution in [1.82, 2.24) is 9.55 Å². The quantitative estimate of drug-likeness (QED) is 0.481. The van der Waals surface area contributed by atoms with E-state index in [-0.39, 0.29) is 0 Å². The molecule has 0 amide bonds. The zero-order valence-electron chi connectivity index (χ0n) is 12.0. The van der Waals surface area contributed by atoms with Gasteiger partial charge >= 0.3 is 0 Å². The number of nitrogens with zero attached hydrogens (tertiary/aromatic N) is 2. The summed E-state index contributed by atoms with van der Waals surface area (Å²) in [5.74, 6) is 0.778. The van der Waals surface area contributed by atoms with Gasteiger partial charge in [0.05, 0.1) is 11.3 Å². The summed E-state index contributed by atoms with van der Waals surface area (Å²) in [6.45, 7) is 0.724. The maximum Gasteiger partial charge on any atom is 0.153 e. The van der Waals surface area contributed by atoms with Gasteiger partial charge < -0.3 is 8.98 Å². The molecular weight excluding hydrogens is 331 g/mol. The molecule has 3 nitrogen and oxygen atoms in total. The van der Waals surface area contributed by atoms with Crippen molar-refractivity contribution < 1.29 is 4.42 Å². The summed E-state index contributed by atoms with van der Waals surface area (Å²) in [6.07, 6.45) is 5.50. The first kappa shape index (κ1) is 14.4. The van der Waals surface area contributed by atoms with Gasteiger partial charge in [-0.1, -0.05) is 47.5 Å². The summed E-state index contributed by atoms with van der Waals surface area (Å²) >= 11 is 12.3. The lowest BCUT2D eigenvalue weighted by atomic mass is 10.0. The van der Waals surface area contributed by atoms with Crippen LogP contribution in [-0.4, -0.2) is 9.55 Å². The SMILES string of the molecule is Clc1cc(Cl)c2oc(-c3ccccc3Cn3ccnc3)cc2c1. The summed E-state index contributed by atoms with van der Waals surface area (Å²) in [6, 6.07) is 13.7. The normalized spacial score (nSPS) is 11.2. The molecule has 0 unspecified atom stereocenters. The molecule has 2 heterocycles. The van der Waals surface area contributed by atoms with E-state index in [0.717, 1.165) is 28.8 Å². The van der Waals surface area contributed by atoms with E-state index in [1.165, 1.54) is 0 Å². The van der Waals surface area contributed by atoms with Gasteiger partial charge in [0.15, 0.2) is 5.58 Å². The Kier molecular flexibility index (Phi) is 3.60. The molecule has 0 radical (unpaired) electrons. The number of furan rings is 1. The molecule has 114 valence electrons. The highest BCUT2D eigenvalue weighted by Gasteiger charge is 2.13. The van der Waals surface area contributed by atoms with Gasteiger partial charge in [0.2, 0.25) is 0 Å². The number of hydrogen-bond acceptors (Lipinski definition) is 2. The van der Waals surface area contributed by atoms with Crippen LogP contribution in [0.2, 0.25) is 10.0 Å². The van der Waals surface area contributed by atoms with Gasteiger partial charge in [0, 0.05) is 34.9 Å². The Balaban J connectivity index is 1.83. The lowest BCUT2D eigenvalue weighted by Crippen LogP contribution is -1.98. The number of aromatic nitrogens is 2. The van der Waals surface area contributed by atoms with Gasteiger partial charge in [-0.05, 0) is 23.8 Å². The average Bonchev–Trinajstić information content (AvgIpc) is 3.17. The number of benzene rings is 2. The monoisotopic (exact) mass is 342 g/mol. The molecule has 2 aromatic carbocycles. The zero-order valence-corrected chi connectivity index (χ0v) is 13.6. The van der Waals surface area contributed by atoms with Gasteiger partial charge in [0.1, 0.15) is 5.76 Å². The molecule has 4 aromatic rings. The minimum absolute atomic E-state index is 0.519. The van der Waals surface area contributed by atoms with E-state index in [2.05, 4.69) is 11.1 Å². The van der Waals surface area contributed by atoms with Gasteiger partial charge in [0.25, 0.3) is 0 Å². The summed E-state index contributed by atoms with van der Waals surface area (Å²) in [5, 5.41) is 2.02. The lowest BCUT2D eigenvalue weighted by Gasteiger charge is -2.07. The Labute approximate surface area is 143 Å². The van der Waals surface area contributed by atoms with E-state index in [1.807, 2.05) is 41.1 Å². The Bertz CT molecular complexity index is 974. The number of halogens is 2. The highest BCUT2D eigenvalue weighted by Crippen LogP contribution is 2.35. The largest absolute Gasteiger partial charge is 0.455 e. The van der Waals surface area contributed by atoms with Crippen LogP contribution in [0.4, 0.5) is 0 Å². The topological polar surface area (TPSA) is 31.0 Å². The highest BCUT2D eigenvalue weighted by molar-refractivity contribution is 6.38. The summed E-state index contributed by atoms with van der Waals surface area (Å²) < 4.78 is 8.00. The molecule has 2 aromatic heterocycles. The van der Waals surface area contributed by atoms with Crippen molar-refractivity contribution in [2.75, 3.05) is 0 Å². The summed E-state index contributed by atoms with van der Waals surface area (Å²) in [4.78, 5) is 4.08. The Hall–Kier alpha value is -2.23. The van der Waals surface area contributed by atoms with E-state index in [0.29, 0.717) is 15.6 Å². The third-order valence-corrected chi connectivity index (χ3v) is 4.23. The molecule has 0 aliphatic rings. The molecule has 0 N–H and O–H groups in total. The van der Waals surface area contributed by atoms with E-state index in [1.54, 1.807) is 18.6 Å². The fourth-order valence-corrected chi connectivity index (χ4v) is 3.23. The van der Waals surface area contributed by atoms with Crippen molar-refractivity contribution in [2.24, 2.45) is 0 Å². The van der Waals surface area contributed by atoms with E-state index >= 15 is 0 Å². The molecule has 0 atom stereocenters. The second-order valence-electron chi connectivity index (χ2n) is 5.31. The highest BCUT2D eigenvalue weighted by atomic mass is 35.5. The predicted molar refractivity (Wildman–Crippen MR) is 93.0 cm³/mol. The molecule has 0 aliphatic carbocycles. The Morgan fingerprint density at radius 1 is 1.09 bits per heavy atom. The fraction of sp³-hybridized carbons (Fsp3) is 0.0556. The number of rotatable bonds is 3. The van der Waals surface area contributed by atoms with Crippen LogP contribution in [0.3, 0.4) is 0 Å². The molecule has 0 aliphatic heterocycles. The molecule has 0 saturated heterocycles. The summed E-state index contributed by atoms with van der Waals surface area (Å²) in [7, 11) is 0. The first-order valence-corrected chi connectivity index (χ1v) is 7.89. The third kappa shape index (κ3) is 2.74. The Morgan fingerprint density at radius 3 is 2.78 bits per heavy atom. The van der Waals surface area contributed by atoms with E-state index < -0.39 is 0 Å². The molecule has 0 bridgehead atoms. The lowest BCUT2D eigenvalue weighted by molar-refractivity contribution is 0.629. The van der Waals surface area contributed by atoms with Crippen LogP contribution in [0.5, 0.6) is 0 Å². The van der Waals surface area contributed by atoms with E-state index in [4.69, 9.17) is 27.6 Å². The van der Waals surface area contributed by atoms with Crippen LogP contribution in [0.15, 0.2) is 65.6 Å². The fourth-order valence-electron chi connectivity index (χ4n) is 2.68. The minimum Gasteiger partial charge on any atom is -0.455 e. The molecule has 0 saturated carbocycles. The van der Waals surface area contributed by atoms with Crippen LogP contribution >= 0.6 is 23.2 Å².